The molecule has 0 fully saturated rings. The highest BCUT2D eigenvalue weighted by atomic mass is 32.1. The Balaban J connectivity index is 1.88. The Morgan fingerprint density at radius 3 is 2.68 bits per heavy atom. The van der Waals surface area contributed by atoms with E-state index in [-0.39, 0.29) is 11.3 Å². The molecule has 1 aliphatic rings. The molecule has 3 aromatic rings. The largest absolute Gasteiger partial charge is 0.490 e. The van der Waals surface area contributed by atoms with E-state index >= 15 is 0 Å². The van der Waals surface area contributed by atoms with Crippen LogP contribution in [-0.4, -0.2) is 30.2 Å². The van der Waals surface area contributed by atoms with Crippen molar-refractivity contribution < 1.29 is 23.8 Å². The van der Waals surface area contributed by atoms with Crippen LogP contribution in [0.5, 0.6) is 11.5 Å². The van der Waals surface area contributed by atoms with Crippen molar-refractivity contribution in [3.8, 4) is 11.5 Å². The van der Waals surface area contributed by atoms with Crippen LogP contribution in [0.2, 0.25) is 0 Å². The van der Waals surface area contributed by atoms with Crippen LogP contribution in [0.4, 0.5) is 0 Å². The third kappa shape index (κ3) is 4.46. The van der Waals surface area contributed by atoms with Crippen LogP contribution in [-0.2, 0) is 14.3 Å². The van der Waals surface area contributed by atoms with Gasteiger partial charge in [-0.05, 0) is 49.1 Å². The summed E-state index contributed by atoms with van der Waals surface area (Å²) in [7, 11) is 1.31. The van der Waals surface area contributed by atoms with Crippen LogP contribution >= 0.6 is 22.7 Å². The number of thiazole rings is 1. The summed E-state index contributed by atoms with van der Waals surface area (Å²) in [6, 6.07) is 8.24. The van der Waals surface area contributed by atoms with Crippen molar-refractivity contribution in [2.75, 3.05) is 13.7 Å². The normalized spacial score (nSPS) is 15.5. The number of nitrogens with zero attached hydrogens (tertiary/aromatic N) is 2. The lowest BCUT2D eigenvalue weighted by Gasteiger charge is -2.22. The van der Waals surface area contributed by atoms with Gasteiger partial charge in [-0.2, -0.15) is 0 Å². The minimum atomic E-state index is -0.622. The molecule has 0 aliphatic carbocycles. The Bertz CT molecular complexity index is 1460. The summed E-state index contributed by atoms with van der Waals surface area (Å²) in [6.45, 7) is 5.30. The molecule has 0 saturated carbocycles. The van der Waals surface area contributed by atoms with Gasteiger partial charge in [0.25, 0.3) is 5.56 Å². The van der Waals surface area contributed by atoms with Crippen molar-refractivity contribution >= 4 is 40.7 Å². The Labute approximate surface area is 203 Å². The lowest BCUT2D eigenvalue weighted by atomic mass is 10.0. The molecule has 0 radical (unpaired) electrons. The first-order valence-electron chi connectivity index (χ1n) is 10.4. The van der Waals surface area contributed by atoms with Gasteiger partial charge in [0.05, 0.1) is 29.5 Å². The number of fused-ring (bicyclic) bond motifs is 1. The minimum absolute atomic E-state index is 0.274. The fraction of sp³-hybridized carbons (Fsp3) is 0.250. The number of allylic oxidation sites excluding steroid dienone is 1. The summed E-state index contributed by atoms with van der Waals surface area (Å²) in [4.78, 5) is 43.5. The maximum Gasteiger partial charge on any atom is 0.338 e. The first-order valence-corrected chi connectivity index (χ1v) is 12.1. The van der Waals surface area contributed by atoms with E-state index in [1.54, 1.807) is 31.2 Å². The van der Waals surface area contributed by atoms with Crippen LogP contribution in [0.25, 0.3) is 6.08 Å². The van der Waals surface area contributed by atoms with E-state index in [4.69, 9.17) is 14.2 Å². The summed E-state index contributed by atoms with van der Waals surface area (Å²) in [5.41, 5.74) is 1.22. The number of hydrogen-bond acceptors (Lipinski definition) is 9. The summed E-state index contributed by atoms with van der Waals surface area (Å²) >= 11 is 2.68. The second-order valence-corrected chi connectivity index (χ2v) is 9.31. The topological polar surface area (TPSA) is 96.2 Å². The third-order valence-corrected chi connectivity index (χ3v) is 6.97. The maximum absolute atomic E-state index is 13.5. The van der Waals surface area contributed by atoms with E-state index in [0.29, 0.717) is 38.5 Å². The quantitative estimate of drug-likeness (QED) is 0.383. The molecule has 0 bridgehead atoms. The van der Waals surface area contributed by atoms with Gasteiger partial charge in [-0.15, -0.1) is 11.3 Å². The Hall–Kier alpha value is -3.50. The maximum atomic E-state index is 13.5. The van der Waals surface area contributed by atoms with Gasteiger partial charge in [-0.1, -0.05) is 23.5 Å². The number of methoxy groups -OCH3 is 1. The molecule has 0 spiro atoms. The fourth-order valence-electron chi connectivity index (χ4n) is 3.68. The van der Waals surface area contributed by atoms with E-state index in [1.807, 2.05) is 24.4 Å². The van der Waals surface area contributed by atoms with Gasteiger partial charge in [0.1, 0.15) is 6.04 Å². The number of ether oxygens (including phenoxy) is 3. The van der Waals surface area contributed by atoms with Crippen molar-refractivity contribution in [3.05, 3.63) is 77.1 Å². The molecule has 10 heteroatoms. The van der Waals surface area contributed by atoms with Gasteiger partial charge in [-0.3, -0.25) is 14.2 Å². The zero-order chi connectivity index (χ0) is 24.4. The lowest BCUT2D eigenvalue weighted by Crippen LogP contribution is -2.39. The highest BCUT2D eigenvalue weighted by molar-refractivity contribution is 7.10. The Morgan fingerprint density at radius 1 is 1.24 bits per heavy atom. The number of benzene rings is 1. The van der Waals surface area contributed by atoms with Crippen LogP contribution in [0.3, 0.4) is 0 Å². The molecule has 4 rings (SSSR count). The SMILES string of the molecule is CCOc1ccc(C=c2sc3n(c2=O)[C@@H](c2cccs2)C(C(=O)OC)=C(C)N=3)cc1OC(C)=O. The highest BCUT2D eigenvalue weighted by Crippen LogP contribution is 2.33. The fourth-order valence-corrected chi connectivity index (χ4v) is 5.55. The third-order valence-electron chi connectivity index (χ3n) is 5.06. The molecule has 0 unspecified atom stereocenters. The Kier molecular flexibility index (Phi) is 6.80. The summed E-state index contributed by atoms with van der Waals surface area (Å²) in [6.07, 6.45) is 1.70. The summed E-state index contributed by atoms with van der Waals surface area (Å²) < 4.78 is 17.8. The van der Waals surface area contributed by atoms with E-state index in [2.05, 4.69) is 4.99 Å². The number of rotatable bonds is 6. The molecular weight excluding hydrogens is 476 g/mol. The number of aromatic nitrogens is 1. The van der Waals surface area contributed by atoms with E-state index in [0.717, 1.165) is 4.88 Å². The molecule has 176 valence electrons. The average molecular weight is 499 g/mol. The lowest BCUT2D eigenvalue weighted by molar-refractivity contribution is -0.136. The van der Waals surface area contributed by atoms with Gasteiger partial charge in [0.15, 0.2) is 16.3 Å². The molecule has 0 amide bonds. The summed E-state index contributed by atoms with van der Waals surface area (Å²) in [5, 5.41) is 1.89. The number of hydrogen-bond donors (Lipinski definition) is 0. The van der Waals surface area contributed by atoms with E-state index in [9.17, 15) is 14.4 Å². The Morgan fingerprint density at radius 2 is 2.03 bits per heavy atom. The first-order chi connectivity index (χ1) is 16.3. The molecule has 8 nitrogen and oxygen atoms in total. The van der Waals surface area contributed by atoms with Gasteiger partial charge < -0.3 is 14.2 Å². The van der Waals surface area contributed by atoms with Crippen LogP contribution in [0.1, 0.15) is 37.3 Å². The van der Waals surface area contributed by atoms with Crippen LogP contribution in [0.15, 0.2) is 56.8 Å². The number of esters is 2. The van der Waals surface area contributed by atoms with Crippen molar-refractivity contribution in [1.29, 1.82) is 0 Å². The molecule has 1 aromatic carbocycles. The smallest absolute Gasteiger partial charge is 0.338 e. The average Bonchev–Trinajstić information content (AvgIpc) is 3.43. The van der Waals surface area contributed by atoms with E-state index in [1.165, 1.54) is 41.3 Å². The molecule has 2 aromatic heterocycles. The molecular formula is C24H22N2O6S2. The van der Waals surface area contributed by atoms with E-state index < -0.39 is 18.0 Å². The second kappa shape index (κ2) is 9.78. The number of carbonyl (C=O) groups is 2. The van der Waals surface area contributed by atoms with Crippen LogP contribution in [0, 0.1) is 0 Å². The molecule has 34 heavy (non-hydrogen) atoms. The van der Waals surface area contributed by atoms with Crippen molar-refractivity contribution in [2.45, 2.75) is 26.8 Å². The zero-order valence-corrected chi connectivity index (χ0v) is 20.6. The minimum Gasteiger partial charge on any atom is -0.490 e. The van der Waals surface area contributed by atoms with Gasteiger partial charge in [0.2, 0.25) is 0 Å². The predicted octanol–water partition coefficient (Wildman–Crippen LogP) is 2.79. The highest BCUT2D eigenvalue weighted by Gasteiger charge is 2.33. The number of thiophene rings is 1. The summed E-state index contributed by atoms with van der Waals surface area (Å²) in [5.74, 6) is -0.283. The monoisotopic (exact) mass is 498 g/mol. The van der Waals surface area contributed by atoms with Crippen molar-refractivity contribution in [2.24, 2.45) is 4.99 Å². The first kappa shape index (κ1) is 23.7. The predicted molar refractivity (Wildman–Crippen MR) is 129 cm³/mol. The molecule has 1 aliphatic heterocycles. The molecule has 0 N–H and O–H groups in total. The zero-order valence-electron chi connectivity index (χ0n) is 19.0. The van der Waals surface area contributed by atoms with Gasteiger partial charge in [0, 0.05) is 11.8 Å². The van der Waals surface area contributed by atoms with Crippen LogP contribution < -0.4 is 24.4 Å². The van der Waals surface area contributed by atoms with Gasteiger partial charge >= 0.3 is 11.9 Å². The standard InChI is InChI=1S/C24H22N2O6S2/c1-5-31-16-9-8-15(11-17(16)32-14(3)27)12-19-22(28)26-21(18-7-6-10-33-18)20(23(29)30-4)13(2)25-24(26)34-19/h6-12,21H,5H2,1-4H3/t21-/m0/s1. The second-order valence-electron chi connectivity index (χ2n) is 7.32. The molecule has 3 heterocycles. The van der Waals surface area contributed by atoms with Gasteiger partial charge in [-0.25, -0.2) is 9.79 Å². The van der Waals surface area contributed by atoms with Crippen molar-refractivity contribution in [3.63, 3.8) is 0 Å². The number of carbonyl (C=O) groups excluding carboxylic acids is 2. The molecule has 1 atom stereocenters. The molecule has 0 saturated heterocycles. The van der Waals surface area contributed by atoms with Crippen molar-refractivity contribution in [1.82, 2.24) is 4.57 Å².